The fraction of sp³-hybridized carbons (Fsp3) is 0.571. The summed E-state index contributed by atoms with van der Waals surface area (Å²) in [5.41, 5.74) is 0.569. The van der Waals surface area contributed by atoms with Gasteiger partial charge in [0.2, 0.25) is 0 Å². The standard InChI is InChI=1S/C14H22FNO3/c1-11(10-19-3)16(7-8-18-2)9-12-5-4-6-13(15)14(12)17/h4-6,11,17H,7-10H2,1-3H3. The number of ether oxygens (including phenoxy) is 2. The fourth-order valence-corrected chi connectivity index (χ4v) is 1.92. The maximum absolute atomic E-state index is 13.3. The quantitative estimate of drug-likeness (QED) is 0.785. The molecule has 0 aliphatic carbocycles. The summed E-state index contributed by atoms with van der Waals surface area (Å²) < 4.78 is 23.5. The van der Waals surface area contributed by atoms with E-state index in [0.29, 0.717) is 31.9 Å². The monoisotopic (exact) mass is 271 g/mol. The normalized spacial score (nSPS) is 12.9. The van der Waals surface area contributed by atoms with E-state index in [2.05, 4.69) is 4.90 Å². The van der Waals surface area contributed by atoms with E-state index in [0.717, 1.165) is 0 Å². The van der Waals surface area contributed by atoms with Gasteiger partial charge < -0.3 is 14.6 Å². The van der Waals surface area contributed by atoms with E-state index in [1.54, 1.807) is 26.4 Å². The molecule has 1 N–H and O–H groups in total. The molecule has 108 valence electrons. The maximum atomic E-state index is 13.3. The van der Waals surface area contributed by atoms with Crippen LogP contribution in [0.4, 0.5) is 4.39 Å². The van der Waals surface area contributed by atoms with Gasteiger partial charge in [0, 0.05) is 38.9 Å². The highest BCUT2D eigenvalue weighted by Gasteiger charge is 2.16. The molecule has 1 aromatic carbocycles. The number of phenolic OH excluding ortho intramolecular Hbond substituents is 1. The van der Waals surface area contributed by atoms with Gasteiger partial charge in [-0.3, -0.25) is 4.90 Å². The van der Waals surface area contributed by atoms with E-state index < -0.39 is 5.82 Å². The lowest BCUT2D eigenvalue weighted by atomic mass is 10.1. The third kappa shape index (κ3) is 4.78. The second-order valence-electron chi connectivity index (χ2n) is 4.52. The van der Waals surface area contributed by atoms with Crippen molar-refractivity contribution in [2.45, 2.75) is 19.5 Å². The van der Waals surface area contributed by atoms with Crippen molar-refractivity contribution in [1.82, 2.24) is 4.90 Å². The van der Waals surface area contributed by atoms with E-state index in [1.165, 1.54) is 6.07 Å². The lowest BCUT2D eigenvalue weighted by Gasteiger charge is -2.28. The molecule has 0 saturated heterocycles. The zero-order valence-corrected chi connectivity index (χ0v) is 11.7. The number of rotatable bonds is 8. The molecule has 0 aliphatic heterocycles. The summed E-state index contributed by atoms with van der Waals surface area (Å²) in [4.78, 5) is 2.08. The first-order valence-corrected chi connectivity index (χ1v) is 6.28. The first-order valence-electron chi connectivity index (χ1n) is 6.28. The Morgan fingerprint density at radius 2 is 2.05 bits per heavy atom. The van der Waals surface area contributed by atoms with Crippen molar-refractivity contribution in [3.05, 3.63) is 29.6 Å². The van der Waals surface area contributed by atoms with E-state index in [-0.39, 0.29) is 11.8 Å². The van der Waals surface area contributed by atoms with Crippen molar-refractivity contribution in [3.63, 3.8) is 0 Å². The van der Waals surface area contributed by atoms with Crippen LogP contribution in [0.2, 0.25) is 0 Å². The summed E-state index contributed by atoms with van der Waals surface area (Å²) in [6.45, 7) is 4.31. The average molecular weight is 271 g/mol. The molecule has 1 atom stereocenters. The number of halogens is 1. The van der Waals surface area contributed by atoms with E-state index in [1.807, 2.05) is 6.92 Å². The maximum Gasteiger partial charge on any atom is 0.165 e. The molecular formula is C14H22FNO3. The molecule has 0 bridgehead atoms. The molecule has 4 nitrogen and oxygen atoms in total. The Morgan fingerprint density at radius 1 is 1.32 bits per heavy atom. The SMILES string of the molecule is COCCN(Cc1cccc(F)c1O)C(C)COC. The van der Waals surface area contributed by atoms with Crippen LogP contribution in [-0.4, -0.2) is 50.0 Å². The molecule has 0 aromatic heterocycles. The van der Waals surface area contributed by atoms with E-state index in [9.17, 15) is 9.50 Å². The second kappa shape index (κ2) is 8.09. The summed E-state index contributed by atoms with van der Waals surface area (Å²) in [6, 6.07) is 4.72. The van der Waals surface area contributed by atoms with Gasteiger partial charge in [0.25, 0.3) is 0 Å². The molecule has 0 heterocycles. The molecule has 0 fully saturated rings. The van der Waals surface area contributed by atoms with Crippen molar-refractivity contribution in [2.24, 2.45) is 0 Å². The number of phenols is 1. The van der Waals surface area contributed by atoms with Gasteiger partial charge in [-0.15, -0.1) is 0 Å². The van der Waals surface area contributed by atoms with Crippen LogP contribution < -0.4 is 0 Å². The van der Waals surface area contributed by atoms with Crippen molar-refractivity contribution in [2.75, 3.05) is 34.0 Å². The highest BCUT2D eigenvalue weighted by Crippen LogP contribution is 2.22. The molecule has 0 amide bonds. The number of nitrogens with zero attached hydrogens (tertiary/aromatic N) is 1. The predicted molar refractivity (Wildman–Crippen MR) is 71.7 cm³/mol. The summed E-state index contributed by atoms with van der Waals surface area (Å²) in [5, 5.41) is 9.72. The first-order chi connectivity index (χ1) is 9.10. The molecule has 1 unspecified atom stereocenters. The summed E-state index contributed by atoms with van der Waals surface area (Å²) in [7, 11) is 3.28. The van der Waals surface area contributed by atoms with Gasteiger partial charge in [0.05, 0.1) is 13.2 Å². The van der Waals surface area contributed by atoms with Crippen molar-refractivity contribution in [1.29, 1.82) is 0 Å². The lowest BCUT2D eigenvalue weighted by Crippen LogP contribution is -2.38. The number of aromatic hydroxyl groups is 1. The molecular weight excluding hydrogens is 249 g/mol. The Bertz CT molecular complexity index is 387. The highest BCUT2D eigenvalue weighted by molar-refractivity contribution is 5.33. The van der Waals surface area contributed by atoms with Gasteiger partial charge in [0.1, 0.15) is 0 Å². The number of hydrogen-bond acceptors (Lipinski definition) is 4. The van der Waals surface area contributed by atoms with Crippen LogP contribution in [0.1, 0.15) is 12.5 Å². The molecule has 0 radical (unpaired) electrons. The lowest BCUT2D eigenvalue weighted by molar-refractivity contribution is 0.0699. The van der Waals surface area contributed by atoms with Crippen molar-refractivity contribution >= 4 is 0 Å². The van der Waals surface area contributed by atoms with Gasteiger partial charge in [-0.25, -0.2) is 4.39 Å². The minimum Gasteiger partial charge on any atom is -0.505 e. The average Bonchev–Trinajstić information content (AvgIpc) is 2.39. The Kier molecular flexibility index (Phi) is 6.77. The molecule has 5 heteroatoms. The molecule has 0 aliphatic rings. The van der Waals surface area contributed by atoms with Gasteiger partial charge >= 0.3 is 0 Å². The van der Waals surface area contributed by atoms with E-state index >= 15 is 0 Å². The molecule has 0 saturated carbocycles. The highest BCUT2D eigenvalue weighted by atomic mass is 19.1. The van der Waals surface area contributed by atoms with Crippen LogP contribution in [0.3, 0.4) is 0 Å². The van der Waals surface area contributed by atoms with Gasteiger partial charge in [0.15, 0.2) is 11.6 Å². The van der Waals surface area contributed by atoms with Crippen molar-refractivity contribution < 1.29 is 19.0 Å². The summed E-state index contributed by atoms with van der Waals surface area (Å²) in [5.74, 6) is -0.877. The smallest absolute Gasteiger partial charge is 0.165 e. The third-order valence-electron chi connectivity index (χ3n) is 3.06. The Morgan fingerprint density at radius 3 is 2.68 bits per heavy atom. The minimum atomic E-state index is -0.594. The van der Waals surface area contributed by atoms with Gasteiger partial charge in [-0.1, -0.05) is 12.1 Å². The Labute approximate surface area is 113 Å². The number of para-hydroxylation sites is 1. The second-order valence-corrected chi connectivity index (χ2v) is 4.52. The summed E-state index contributed by atoms with van der Waals surface area (Å²) in [6.07, 6.45) is 0. The number of methoxy groups -OCH3 is 2. The Hall–Kier alpha value is -1.17. The van der Waals surface area contributed by atoms with Gasteiger partial charge in [-0.2, -0.15) is 0 Å². The topological polar surface area (TPSA) is 41.9 Å². The van der Waals surface area contributed by atoms with Crippen LogP contribution in [0.5, 0.6) is 5.75 Å². The molecule has 0 spiro atoms. The van der Waals surface area contributed by atoms with Crippen LogP contribution in [-0.2, 0) is 16.0 Å². The zero-order chi connectivity index (χ0) is 14.3. The fourth-order valence-electron chi connectivity index (χ4n) is 1.92. The van der Waals surface area contributed by atoms with Crippen LogP contribution in [0.15, 0.2) is 18.2 Å². The van der Waals surface area contributed by atoms with Crippen LogP contribution >= 0.6 is 0 Å². The summed E-state index contributed by atoms with van der Waals surface area (Å²) >= 11 is 0. The Balaban J connectivity index is 2.78. The van der Waals surface area contributed by atoms with Gasteiger partial charge in [-0.05, 0) is 13.0 Å². The largest absolute Gasteiger partial charge is 0.505 e. The van der Waals surface area contributed by atoms with E-state index in [4.69, 9.17) is 9.47 Å². The molecule has 19 heavy (non-hydrogen) atoms. The number of hydrogen-bond donors (Lipinski definition) is 1. The molecule has 1 aromatic rings. The minimum absolute atomic E-state index is 0.155. The third-order valence-corrected chi connectivity index (χ3v) is 3.06. The molecule has 1 rings (SSSR count). The zero-order valence-electron chi connectivity index (χ0n) is 11.7. The predicted octanol–water partition coefficient (Wildman–Crippen LogP) is 2.01. The van der Waals surface area contributed by atoms with Crippen molar-refractivity contribution in [3.8, 4) is 5.75 Å². The van der Waals surface area contributed by atoms with Crippen LogP contribution in [0.25, 0.3) is 0 Å². The first kappa shape index (κ1) is 15.9. The number of benzene rings is 1. The van der Waals surface area contributed by atoms with Crippen LogP contribution in [0, 0.1) is 5.82 Å².